The third-order valence-electron chi connectivity index (χ3n) is 2.97. The zero-order valence-corrected chi connectivity index (χ0v) is 12.1. The summed E-state index contributed by atoms with van der Waals surface area (Å²) in [5.74, 6) is 0.801. The lowest BCUT2D eigenvalue weighted by molar-refractivity contribution is 0.0844. The van der Waals surface area contributed by atoms with Gasteiger partial charge >= 0.3 is 0 Å². The van der Waals surface area contributed by atoms with E-state index in [-0.39, 0.29) is 13.2 Å². The van der Waals surface area contributed by atoms with Crippen molar-refractivity contribution in [1.82, 2.24) is 5.32 Å². The molecule has 1 aromatic rings. The minimum Gasteiger partial charge on any atom is -0.492 e. The molecule has 0 aromatic heterocycles. The zero-order valence-electron chi connectivity index (χ0n) is 10.5. The average molecular weight is 318 g/mol. The Labute approximate surface area is 116 Å². The topological polar surface area (TPSA) is 61.7 Å². The third kappa shape index (κ3) is 4.57. The maximum atomic E-state index is 9.25. The maximum absolute atomic E-state index is 9.25. The Kier molecular flexibility index (Phi) is 6.63. The second-order valence-corrected chi connectivity index (χ2v) is 5.09. The van der Waals surface area contributed by atoms with Crippen molar-refractivity contribution in [3.8, 4) is 5.75 Å². The fourth-order valence-corrected chi connectivity index (χ4v) is 1.79. The van der Waals surface area contributed by atoms with Crippen molar-refractivity contribution in [3.63, 3.8) is 0 Å². The standard InChI is InChI=1S/C13H20BrNO3/c1-2-13(9-16,10-17)15-7-8-18-12-5-3-11(14)4-6-12/h3-6,15-17H,2,7-10H2,1H3. The lowest BCUT2D eigenvalue weighted by Gasteiger charge is -2.29. The highest BCUT2D eigenvalue weighted by molar-refractivity contribution is 9.10. The minimum atomic E-state index is -0.608. The molecular formula is C13H20BrNO3. The van der Waals surface area contributed by atoms with Crippen molar-refractivity contribution in [1.29, 1.82) is 0 Å². The van der Waals surface area contributed by atoms with E-state index in [9.17, 15) is 10.2 Å². The van der Waals surface area contributed by atoms with E-state index in [1.807, 2.05) is 31.2 Å². The van der Waals surface area contributed by atoms with Crippen molar-refractivity contribution in [2.24, 2.45) is 0 Å². The third-order valence-corrected chi connectivity index (χ3v) is 3.50. The summed E-state index contributed by atoms with van der Waals surface area (Å²) in [6.45, 7) is 2.82. The second kappa shape index (κ2) is 7.74. The molecule has 4 nitrogen and oxygen atoms in total. The van der Waals surface area contributed by atoms with Crippen LogP contribution in [0.5, 0.6) is 5.75 Å². The van der Waals surface area contributed by atoms with Gasteiger partial charge in [-0.25, -0.2) is 0 Å². The van der Waals surface area contributed by atoms with E-state index in [0.717, 1.165) is 10.2 Å². The molecule has 0 aliphatic heterocycles. The Balaban J connectivity index is 2.31. The molecule has 0 bridgehead atoms. The van der Waals surface area contributed by atoms with E-state index in [2.05, 4.69) is 21.2 Å². The molecule has 0 fully saturated rings. The van der Waals surface area contributed by atoms with Gasteiger partial charge in [0.1, 0.15) is 12.4 Å². The van der Waals surface area contributed by atoms with Crippen LogP contribution in [0.25, 0.3) is 0 Å². The first kappa shape index (κ1) is 15.4. The molecule has 0 spiro atoms. The molecule has 5 heteroatoms. The molecule has 0 unspecified atom stereocenters. The summed E-state index contributed by atoms with van der Waals surface area (Å²) in [6.07, 6.45) is 0.665. The average Bonchev–Trinajstić information content (AvgIpc) is 2.42. The quantitative estimate of drug-likeness (QED) is 0.637. The predicted molar refractivity (Wildman–Crippen MR) is 74.8 cm³/mol. The van der Waals surface area contributed by atoms with Gasteiger partial charge in [-0.3, -0.25) is 0 Å². The first-order valence-corrected chi connectivity index (χ1v) is 6.80. The van der Waals surface area contributed by atoms with Gasteiger partial charge in [0.15, 0.2) is 0 Å². The second-order valence-electron chi connectivity index (χ2n) is 4.18. The SMILES string of the molecule is CCC(CO)(CO)NCCOc1ccc(Br)cc1. The fourth-order valence-electron chi connectivity index (χ4n) is 1.53. The van der Waals surface area contributed by atoms with Crippen LogP contribution >= 0.6 is 15.9 Å². The minimum absolute atomic E-state index is 0.0850. The Morgan fingerprint density at radius 2 is 1.83 bits per heavy atom. The van der Waals surface area contributed by atoms with Crippen LogP contribution in [0.15, 0.2) is 28.7 Å². The van der Waals surface area contributed by atoms with Crippen molar-refractivity contribution in [2.75, 3.05) is 26.4 Å². The Bertz CT molecular complexity index is 330. The number of hydrogen-bond acceptors (Lipinski definition) is 4. The van der Waals surface area contributed by atoms with E-state index in [4.69, 9.17) is 4.74 Å². The lowest BCUT2D eigenvalue weighted by atomic mass is 9.99. The van der Waals surface area contributed by atoms with Gasteiger partial charge < -0.3 is 20.3 Å². The molecule has 0 atom stereocenters. The van der Waals surface area contributed by atoms with E-state index in [1.165, 1.54) is 0 Å². The molecule has 3 N–H and O–H groups in total. The van der Waals surface area contributed by atoms with Crippen LogP contribution in [0, 0.1) is 0 Å². The highest BCUT2D eigenvalue weighted by Crippen LogP contribution is 2.16. The smallest absolute Gasteiger partial charge is 0.119 e. The number of nitrogens with one attached hydrogen (secondary N) is 1. The van der Waals surface area contributed by atoms with Crippen LogP contribution in [0.2, 0.25) is 0 Å². The van der Waals surface area contributed by atoms with Gasteiger partial charge in [-0.1, -0.05) is 22.9 Å². The summed E-state index contributed by atoms with van der Waals surface area (Å²) < 4.78 is 6.56. The molecule has 0 radical (unpaired) electrons. The molecule has 1 aromatic carbocycles. The maximum Gasteiger partial charge on any atom is 0.119 e. The molecular weight excluding hydrogens is 298 g/mol. The van der Waals surface area contributed by atoms with Gasteiger partial charge in [0.05, 0.1) is 18.8 Å². The number of aliphatic hydroxyl groups excluding tert-OH is 2. The highest BCUT2D eigenvalue weighted by Gasteiger charge is 2.25. The Morgan fingerprint density at radius 3 is 2.33 bits per heavy atom. The molecule has 1 rings (SSSR count). The molecule has 0 amide bonds. The van der Waals surface area contributed by atoms with Crippen LogP contribution < -0.4 is 10.1 Å². The van der Waals surface area contributed by atoms with Crippen molar-refractivity contribution in [3.05, 3.63) is 28.7 Å². The number of aliphatic hydroxyl groups is 2. The van der Waals surface area contributed by atoms with Crippen LogP contribution in [-0.4, -0.2) is 42.1 Å². The van der Waals surface area contributed by atoms with Crippen molar-refractivity contribution in [2.45, 2.75) is 18.9 Å². The molecule has 0 heterocycles. The summed E-state index contributed by atoms with van der Waals surface area (Å²) in [5.41, 5.74) is -0.608. The summed E-state index contributed by atoms with van der Waals surface area (Å²) >= 11 is 3.36. The summed E-state index contributed by atoms with van der Waals surface area (Å²) in [5, 5.41) is 21.6. The summed E-state index contributed by atoms with van der Waals surface area (Å²) in [7, 11) is 0. The number of hydrogen-bond donors (Lipinski definition) is 3. The van der Waals surface area contributed by atoms with E-state index in [0.29, 0.717) is 19.6 Å². The van der Waals surface area contributed by atoms with E-state index >= 15 is 0 Å². The number of ether oxygens (including phenoxy) is 1. The van der Waals surface area contributed by atoms with Crippen molar-refractivity contribution >= 4 is 15.9 Å². The summed E-state index contributed by atoms with van der Waals surface area (Å²) in [4.78, 5) is 0. The van der Waals surface area contributed by atoms with Gasteiger partial charge in [0, 0.05) is 11.0 Å². The van der Waals surface area contributed by atoms with Gasteiger partial charge in [-0.15, -0.1) is 0 Å². The Hall–Kier alpha value is -0.620. The monoisotopic (exact) mass is 317 g/mol. The van der Waals surface area contributed by atoms with E-state index < -0.39 is 5.54 Å². The van der Waals surface area contributed by atoms with Crippen LogP contribution in [0.3, 0.4) is 0 Å². The fraction of sp³-hybridized carbons (Fsp3) is 0.538. The first-order valence-electron chi connectivity index (χ1n) is 6.01. The molecule has 0 saturated carbocycles. The number of rotatable bonds is 8. The first-order chi connectivity index (χ1) is 8.65. The van der Waals surface area contributed by atoms with Crippen LogP contribution in [0.4, 0.5) is 0 Å². The van der Waals surface area contributed by atoms with Crippen LogP contribution in [0.1, 0.15) is 13.3 Å². The number of benzene rings is 1. The Morgan fingerprint density at radius 1 is 1.22 bits per heavy atom. The molecule has 0 aliphatic carbocycles. The highest BCUT2D eigenvalue weighted by atomic mass is 79.9. The van der Waals surface area contributed by atoms with Gasteiger partial charge in [-0.05, 0) is 30.7 Å². The van der Waals surface area contributed by atoms with Crippen molar-refractivity contribution < 1.29 is 14.9 Å². The van der Waals surface area contributed by atoms with Crippen LogP contribution in [-0.2, 0) is 0 Å². The number of halogens is 1. The van der Waals surface area contributed by atoms with Gasteiger partial charge in [0.2, 0.25) is 0 Å². The predicted octanol–water partition coefficient (Wildman–Crippen LogP) is 1.55. The molecule has 0 aliphatic rings. The van der Waals surface area contributed by atoms with E-state index in [1.54, 1.807) is 0 Å². The zero-order chi connectivity index (χ0) is 13.4. The lowest BCUT2D eigenvalue weighted by Crippen LogP contribution is -2.52. The summed E-state index contributed by atoms with van der Waals surface area (Å²) in [6, 6.07) is 7.60. The van der Waals surface area contributed by atoms with Gasteiger partial charge in [-0.2, -0.15) is 0 Å². The molecule has 18 heavy (non-hydrogen) atoms. The van der Waals surface area contributed by atoms with Gasteiger partial charge in [0.25, 0.3) is 0 Å². The molecule has 0 saturated heterocycles. The largest absolute Gasteiger partial charge is 0.492 e. The normalized spacial score (nSPS) is 11.6. The molecule has 102 valence electrons.